The molecule has 2 aromatic rings. The highest BCUT2D eigenvalue weighted by Crippen LogP contribution is 2.36. The van der Waals surface area contributed by atoms with Crippen LogP contribution in [0.2, 0.25) is 0 Å². The summed E-state index contributed by atoms with van der Waals surface area (Å²) in [6.07, 6.45) is 3.49. The lowest BCUT2D eigenvalue weighted by Crippen LogP contribution is -2.23. The van der Waals surface area contributed by atoms with E-state index in [2.05, 4.69) is 27.8 Å². The summed E-state index contributed by atoms with van der Waals surface area (Å²) in [7, 11) is 0. The summed E-state index contributed by atoms with van der Waals surface area (Å²) in [5.74, 6) is 0. The third-order valence-electron chi connectivity index (χ3n) is 2.93. The normalized spacial score (nSPS) is 14.8. The Kier molecular flexibility index (Phi) is 2.99. The van der Waals surface area contributed by atoms with E-state index in [1.165, 1.54) is 23.4 Å². The number of carbonyl (C=O) groups excluding carboxylic acids is 1. The lowest BCUT2D eigenvalue weighted by molar-refractivity contribution is 0.112. The quantitative estimate of drug-likeness (QED) is 0.765. The van der Waals surface area contributed by atoms with Crippen LogP contribution in [0, 0.1) is 0 Å². The monoisotopic (exact) mass is 263 g/mol. The van der Waals surface area contributed by atoms with Crippen LogP contribution in [-0.4, -0.2) is 12.3 Å². The molecule has 1 saturated carbocycles. The molecule has 0 unspecified atom stereocenters. The minimum atomic E-state index is 0.674. The van der Waals surface area contributed by atoms with Crippen LogP contribution in [0.25, 0.3) is 0 Å². The van der Waals surface area contributed by atoms with E-state index >= 15 is 0 Å². The van der Waals surface area contributed by atoms with Gasteiger partial charge in [-0.1, -0.05) is 0 Å². The van der Waals surface area contributed by atoms with E-state index in [-0.39, 0.29) is 0 Å². The maximum atomic E-state index is 10.7. The molecule has 4 heteroatoms. The van der Waals surface area contributed by atoms with Crippen molar-refractivity contribution in [2.45, 2.75) is 25.4 Å². The molecule has 2 heterocycles. The van der Waals surface area contributed by atoms with E-state index in [1.807, 2.05) is 6.07 Å². The summed E-state index contributed by atoms with van der Waals surface area (Å²) in [6.45, 7) is 0.965. The zero-order valence-electron chi connectivity index (χ0n) is 9.33. The lowest BCUT2D eigenvalue weighted by Gasteiger charge is -2.22. The second-order valence-electron chi connectivity index (χ2n) is 4.28. The number of aldehydes is 1. The Balaban J connectivity index is 1.82. The second-order valence-corrected chi connectivity index (χ2v) is 6.16. The molecule has 2 nitrogen and oxygen atoms in total. The van der Waals surface area contributed by atoms with Gasteiger partial charge < -0.3 is 4.90 Å². The summed E-state index contributed by atoms with van der Waals surface area (Å²) in [4.78, 5) is 14.0. The van der Waals surface area contributed by atoms with Crippen LogP contribution in [0.4, 0.5) is 5.00 Å². The van der Waals surface area contributed by atoms with E-state index in [4.69, 9.17) is 0 Å². The minimum absolute atomic E-state index is 0.674. The second kappa shape index (κ2) is 4.63. The number of carbonyl (C=O) groups is 1. The molecule has 0 amide bonds. The van der Waals surface area contributed by atoms with Gasteiger partial charge in [-0.15, -0.1) is 11.3 Å². The van der Waals surface area contributed by atoms with E-state index in [0.29, 0.717) is 6.04 Å². The van der Waals surface area contributed by atoms with E-state index in [0.717, 1.165) is 17.7 Å². The van der Waals surface area contributed by atoms with Crippen LogP contribution >= 0.6 is 22.7 Å². The van der Waals surface area contributed by atoms with Crippen molar-refractivity contribution in [3.05, 3.63) is 39.4 Å². The highest BCUT2D eigenvalue weighted by Gasteiger charge is 2.30. The summed E-state index contributed by atoms with van der Waals surface area (Å²) < 4.78 is 0. The third kappa shape index (κ3) is 2.42. The van der Waals surface area contributed by atoms with Crippen molar-refractivity contribution in [2.24, 2.45) is 0 Å². The average Bonchev–Trinajstić information content (AvgIpc) is 2.88. The third-order valence-corrected chi connectivity index (χ3v) is 4.71. The van der Waals surface area contributed by atoms with E-state index in [9.17, 15) is 4.79 Å². The fraction of sp³-hybridized carbons (Fsp3) is 0.308. The number of thiophene rings is 2. The summed E-state index contributed by atoms with van der Waals surface area (Å²) >= 11 is 3.33. The number of rotatable bonds is 5. The van der Waals surface area contributed by atoms with Crippen molar-refractivity contribution in [3.63, 3.8) is 0 Å². The van der Waals surface area contributed by atoms with Gasteiger partial charge in [0.05, 0.1) is 9.88 Å². The molecule has 3 rings (SSSR count). The molecule has 1 aliphatic carbocycles. The topological polar surface area (TPSA) is 20.3 Å². The molecule has 0 bridgehead atoms. The van der Waals surface area contributed by atoms with Crippen LogP contribution in [-0.2, 0) is 6.54 Å². The van der Waals surface area contributed by atoms with Crippen molar-refractivity contribution in [1.82, 2.24) is 0 Å². The minimum Gasteiger partial charge on any atom is -0.356 e. The zero-order valence-corrected chi connectivity index (χ0v) is 11.0. The molecule has 0 radical (unpaired) electrons. The van der Waals surface area contributed by atoms with Crippen LogP contribution < -0.4 is 4.90 Å². The Morgan fingerprint density at radius 3 is 2.82 bits per heavy atom. The van der Waals surface area contributed by atoms with Crippen molar-refractivity contribution in [2.75, 3.05) is 4.90 Å². The van der Waals surface area contributed by atoms with Gasteiger partial charge in [-0.3, -0.25) is 4.79 Å². The summed E-state index contributed by atoms with van der Waals surface area (Å²) in [5.41, 5.74) is 1.36. The fourth-order valence-electron chi connectivity index (χ4n) is 1.91. The van der Waals surface area contributed by atoms with Gasteiger partial charge in [-0.05, 0) is 47.4 Å². The SMILES string of the molecule is O=Cc1ccc(N(Cc2ccsc2)C2CC2)s1. The van der Waals surface area contributed by atoms with Gasteiger partial charge in [-0.25, -0.2) is 0 Å². The smallest absolute Gasteiger partial charge is 0.160 e. The summed E-state index contributed by atoms with van der Waals surface area (Å²) in [6, 6.07) is 6.83. The predicted molar refractivity (Wildman–Crippen MR) is 73.2 cm³/mol. The largest absolute Gasteiger partial charge is 0.356 e. The van der Waals surface area contributed by atoms with Gasteiger partial charge in [0.25, 0.3) is 0 Å². The van der Waals surface area contributed by atoms with Gasteiger partial charge >= 0.3 is 0 Å². The van der Waals surface area contributed by atoms with Crippen LogP contribution in [0.15, 0.2) is 29.0 Å². The van der Waals surface area contributed by atoms with Crippen LogP contribution in [0.5, 0.6) is 0 Å². The Bertz CT molecular complexity index is 499. The Labute approximate surface area is 109 Å². The number of anilines is 1. The maximum Gasteiger partial charge on any atom is 0.160 e. The molecular weight excluding hydrogens is 250 g/mol. The zero-order chi connectivity index (χ0) is 11.7. The average molecular weight is 263 g/mol. The molecule has 1 aliphatic rings. The van der Waals surface area contributed by atoms with Gasteiger partial charge in [0.15, 0.2) is 6.29 Å². The van der Waals surface area contributed by atoms with Crippen LogP contribution in [0.3, 0.4) is 0 Å². The van der Waals surface area contributed by atoms with Crippen molar-refractivity contribution in [1.29, 1.82) is 0 Å². The first-order chi connectivity index (χ1) is 8.36. The molecule has 0 spiro atoms. The molecule has 2 aromatic heterocycles. The van der Waals surface area contributed by atoms with Crippen molar-refractivity contribution < 1.29 is 4.79 Å². The van der Waals surface area contributed by atoms with Gasteiger partial charge in [0.1, 0.15) is 0 Å². The lowest BCUT2D eigenvalue weighted by atomic mass is 10.3. The van der Waals surface area contributed by atoms with E-state index in [1.54, 1.807) is 22.7 Å². The van der Waals surface area contributed by atoms with Crippen LogP contribution in [0.1, 0.15) is 28.1 Å². The predicted octanol–water partition coefficient (Wildman–Crippen LogP) is 3.79. The van der Waals surface area contributed by atoms with E-state index < -0.39 is 0 Å². The Morgan fingerprint density at radius 1 is 1.35 bits per heavy atom. The molecule has 1 fully saturated rings. The highest BCUT2D eigenvalue weighted by molar-refractivity contribution is 7.17. The van der Waals surface area contributed by atoms with Gasteiger partial charge in [-0.2, -0.15) is 11.3 Å². The first kappa shape index (κ1) is 11.0. The first-order valence-corrected chi connectivity index (χ1v) is 7.45. The highest BCUT2D eigenvalue weighted by atomic mass is 32.1. The molecule has 0 atom stereocenters. The number of hydrogen-bond acceptors (Lipinski definition) is 4. The number of hydrogen-bond donors (Lipinski definition) is 0. The molecule has 0 saturated heterocycles. The van der Waals surface area contributed by atoms with Crippen molar-refractivity contribution in [3.8, 4) is 0 Å². The number of nitrogens with zero attached hydrogens (tertiary/aromatic N) is 1. The molecule has 88 valence electrons. The van der Waals surface area contributed by atoms with Crippen molar-refractivity contribution >= 4 is 34.0 Å². The molecule has 0 aliphatic heterocycles. The molecular formula is C13H13NOS2. The summed E-state index contributed by atoms with van der Waals surface area (Å²) in [5, 5.41) is 5.54. The standard InChI is InChI=1S/C13H13NOS2/c15-8-12-3-4-13(17-12)14(11-1-2-11)7-10-5-6-16-9-10/h3-6,8-9,11H,1-2,7H2. The maximum absolute atomic E-state index is 10.7. The molecule has 0 N–H and O–H groups in total. The molecule has 0 aromatic carbocycles. The Morgan fingerprint density at radius 2 is 2.24 bits per heavy atom. The Hall–Kier alpha value is -1.13. The van der Waals surface area contributed by atoms with Gasteiger partial charge in [0, 0.05) is 12.6 Å². The van der Waals surface area contributed by atoms with Gasteiger partial charge in [0.2, 0.25) is 0 Å². The fourth-order valence-corrected chi connectivity index (χ4v) is 3.46. The first-order valence-electron chi connectivity index (χ1n) is 5.69. The molecule has 17 heavy (non-hydrogen) atoms.